The average Bonchev–Trinajstić information content (AvgIpc) is 3.39. The summed E-state index contributed by atoms with van der Waals surface area (Å²) in [5.74, 6) is -0.0414. The largest absolute Gasteiger partial charge is 0.437 e. The number of nitrogens with zero attached hydrogens (tertiary/aromatic N) is 2. The number of aromatic nitrogens is 3. The van der Waals surface area contributed by atoms with Gasteiger partial charge in [-0.05, 0) is 44.9 Å². The van der Waals surface area contributed by atoms with E-state index in [1.807, 2.05) is 0 Å². The molecule has 4 N–H and O–H groups in total. The van der Waals surface area contributed by atoms with E-state index in [0.717, 1.165) is 0 Å². The molecule has 0 atom stereocenters. The van der Waals surface area contributed by atoms with Crippen LogP contribution in [0.15, 0.2) is 49.3 Å². The molecule has 1 aromatic carbocycles. The Hall–Kier alpha value is -3.72. The number of anilines is 1. The van der Waals surface area contributed by atoms with Crippen molar-refractivity contribution < 1.29 is 19.4 Å². The Labute approximate surface area is 178 Å². The zero-order chi connectivity index (χ0) is 22.2. The zero-order valence-electron chi connectivity index (χ0n) is 17.2. The normalized spacial score (nSPS) is 14.7. The van der Waals surface area contributed by atoms with E-state index in [1.165, 1.54) is 18.5 Å². The van der Waals surface area contributed by atoms with Crippen molar-refractivity contribution in [2.75, 3.05) is 5.32 Å². The van der Waals surface area contributed by atoms with Gasteiger partial charge in [-0.25, -0.2) is 9.97 Å². The number of amides is 2. The third-order valence-corrected chi connectivity index (χ3v) is 5.39. The van der Waals surface area contributed by atoms with Gasteiger partial charge in [0.05, 0.1) is 22.9 Å². The van der Waals surface area contributed by atoms with Gasteiger partial charge in [-0.15, -0.1) is 0 Å². The molecule has 31 heavy (non-hydrogen) atoms. The number of benzene rings is 1. The summed E-state index contributed by atoms with van der Waals surface area (Å²) in [5, 5.41) is 16.0. The Bertz CT molecular complexity index is 1170. The predicted octanol–water partition coefficient (Wildman–Crippen LogP) is 2.91. The van der Waals surface area contributed by atoms with Crippen LogP contribution in [0, 0.1) is 0 Å². The van der Waals surface area contributed by atoms with E-state index in [0.29, 0.717) is 41.0 Å². The third-order valence-electron chi connectivity index (χ3n) is 5.39. The molecule has 1 aliphatic carbocycles. The lowest BCUT2D eigenvalue weighted by Gasteiger charge is -2.30. The van der Waals surface area contributed by atoms with Gasteiger partial charge >= 0.3 is 0 Å². The molecule has 0 unspecified atom stereocenters. The molecule has 2 amide bonds. The summed E-state index contributed by atoms with van der Waals surface area (Å²) in [6.07, 6.45) is 5.58. The lowest BCUT2D eigenvalue weighted by molar-refractivity contribution is -0.111. The Morgan fingerprint density at radius 1 is 1.35 bits per heavy atom. The van der Waals surface area contributed by atoms with Crippen molar-refractivity contribution in [3.63, 3.8) is 0 Å². The molecule has 0 radical (unpaired) electrons. The minimum absolute atomic E-state index is 0.192. The van der Waals surface area contributed by atoms with Crippen molar-refractivity contribution in [3.8, 4) is 11.6 Å². The van der Waals surface area contributed by atoms with Crippen LogP contribution in [0.3, 0.4) is 0 Å². The van der Waals surface area contributed by atoms with Gasteiger partial charge in [0.15, 0.2) is 5.65 Å². The van der Waals surface area contributed by atoms with Gasteiger partial charge < -0.3 is 25.5 Å². The van der Waals surface area contributed by atoms with Gasteiger partial charge in [0.2, 0.25) is 11.8 Å². The van der Waals surface area contributed by atoms with Crippen LogP contribution in [-0.4, -0.2) is 43.0 Å². The number of fused-ring (bicyclic) bond motifs is 1. The molecule has 9 heteroatoms. The van der Waals surface area contributed by atoms with E-state index in [1.54, 1.807) is 38.1 Å². The number of carbonyl (C=O) groups excluding carboxylic acids is 2. The number of ether oxygens (including phenoxy) is 1. The van der Waals surface area contributed by atoms with Crippen LogP contribution in [0.25, 0.3) is 11.2 Å². The Morgan fingerprint density at radius 2 is 2.13 bits per heavy atom. The van der Waals surface area contributed by atoms with Crippen molar-refractivity contribution in [2.24, 2.45) is 0 Å². The maximum Gasteiger partial charge on any atom is 0.255 e. The second-order valence-corrected chi connectivity index (χ2v) is 8.03. The SMILES string of the molecule is C=CC(=O)Nc1cccc(Oc2cnc3[nH]cc(C(=O)NC4(C(C)(C)O)CC4)c3n2)c1. The highest BCUT2D eigenvalue weighted by atomic mass is 16.5. The predicted molar refractivity (Wildman–Crippen MR) is 115 cm³/mol. The monoisotopic (exact) mass is 421 g/mol. The van der Waals surface area contributed by atoms with Gasteiger partial charge in [-0.2, -0.15) is 0 Å². The summed E-state index contributed by atoms with van der Waals surface area (Å²) in [5.41, 5.74) is -0.00281. The second kappa shape index (κ2) is 7.51. The highest BCUT2D eigenvalue weighted by Gasteiger charge is 2.55. The Kier molecular flexibility index (Phi) is 4.98. The Morgan fingerprint density at radius 3 is 2.81 bits per heavy atom. The van der Waals surface area contributed by atoms with Crippen molar-refractivity contribution in [1.29, 1.82) is 0 Å². The lowest BCUT2D eigenvalue weighted by Crippen LogP contribution is -2.51. The number of hydrogen-bond acceptors (Lipinski definition) is 6. The summed E-state index contributed by atoms with van der Waals surface area (Å²) in [6.45, 7) is 6.80. The van der Waals surface area contributed by atoms with Crippen LogP contribution < -0.4 is 15.4 Å². The number of aliphatic hydroxyl groups is 1. The van der Waals surface area contributed by atoms with Crippen LogP contribution in [0.2, 0.25) is 0 Å². The molecular formula is C22H23N5O4. The maximum absolute atomic E-state index is 12.9. The van der Waals surface area contributed by atoms with Gasteiger partial charge in [-0.1, -0.05) is 12.6 Å². The van der Waals surface area contributed by atoms with Gasteiger partial charge in [0.1, 0.15) is 11.3 Å². The van der Waals surface area contributed by atoms with Crippen LogP contribution in [0.4, 0.5) is 5.69 Å². The molecule has 9 nitrogen and oxygen atoms in total. The summed E-state index contributed by atoms with van der Waals surface area (Å²) in [4.78, 5) is 36.0. The third kappa shape index (κ3) is 4.13. The zero-order valence-corrected chi connectivity index (χ0v) is 17.2. The second-order valence-electron chi connectivity index (χ2n) is 8.03. The van der Waals surface area contributed by atoms with Crippen molar-refractivity contribution >= 4 is 28.7 Å². The minimum atomic E-state index is -1.03. The number of nitrogens with one attached hydrogen (secondary N) is 3. The van der Waals surface area contributed by atoms with Gasteiger partial charge in [-0.3, -0.25) is 9.59 Å². The van der Waals surface area contributed by atoms with E-state index in [-0.39, 0.29) is 17.7 Å². The van der Waals surface area contributed by atoms with E-state index >= 15 is 0 Å². The van der Waals surface area contributed by atoms with E-state index in [9.17, 15) is 14.7 Å². The molecule has 0 bridgehead atoms. The summed E-state index contributed by atoms with van der Waals surface area (Å²) in [6, 6.07) is 6.79. The highest BCUT2D eigenvalue weighted by molar-refractivity contribution is 6.05. The number of carbonyl (C=O) groups is 2. The molecule has 0 aliphatic heterocycles. The van der Waals surface area contributed by atoms with Crippen LogP contribution in [0.5, 0.6) is 11.6 Å². The number of rotatable bonds is 7. The fourth-order valence-electron chi connectivity index (χ4n) is 3.35. The molecule has 2 heterocycles. The molecular weight excluding hydrogens is 398 g/mol. The standard InChI is InChI=1S/C22H23N5O4/c1-4-16(28)25-13-6-5-7-14(10-13)31-17-12-24-19-18(26-17)15(11-23-19)20(29)27-22(8-9-22)21(2,3)30/h4-7,10-12,30H,1,8-9H2,2-3H3,(H,23,24)(H,25,28)(H,27,29). The van der Waals surface area contributed by atoms with E-state index in [2.05, 4.69) is 32.2 Å². The minimum Gasteiger partial charge on any atom is -0.437 e. The number of hydrogen-bond donors (Lipinski definition) is 4. The summed E-state index contributed by atoms with van der Waals surface area (Å²) < 4.78 is 5.78. The molecule has 1 saturated carbocycles. The fraction of sp³-hybridized carbons (Fsp3) is 0.273. The Balaban J connectivity index is 1.56. The summed E-state index contributed by atoms with van der Waals surface area (Å²) >= 11 is 0. The van der Waals surface area contributed by atoms with Crippen molar-refractivity contribution in [2.45, 2.75) is 37.8 Å². The molecule has 0 spiro atoms. The molecule has 4 rings (SSSR count). The lowest BCUT2D eigenvalue weighted by atomic mass is 9.96. The fourth-order valence-corrected chi connectivity index (χ4v) is 3.35. The topological polar surface area (TPSA) is 129 Å². The maximum atomic E-state index is 12.9. The molecule has 2 aromatic heterocycles. The van der Waals surface area contributed by atoms with Crippen molar-refractivity contribution in [1.82, 2.24) is 20.3 Å². The smallest absolute Gasteiger partial charge is 0.255 e. The van der Waals surface area contributed by atoms with Crippen LogP contribution in [-0.2, 0) is 4.79 Å². The summed E-state index contributed by atoms with van der Waals surface area (Å²) in [7, 11) is 0. The quantitative estimate of drug-likeness (QED) is 0.434. The first-order chi connectivity index (χ1) is 14.7. The first kappa shape index (κ1) is 20.5. The molecule has 0 saturated heterocycles. The first-order valence-corrected chi connectivity index (χ1v) is 9.81. The van der Waals surface area contributed by atoms with Crippen LogP contribution >= 0.6 is 0 Å². The highest BCUT2D eigenvalue weighted by Crippen LogP contribution is 2.44. The first-order valence-electron chi connectivity index (χ1n) is 9.81. The van der Waals surface area contributed by atoms with Crippen LogP contribution in [0.1, 0.15) is 37.0 Å². The van der Waals surface area contributed by atoms with E-state index < -0.39 is 11.1 Å². The molecule has 1 fully saturated rings. The van der Waals surface area contributed by atoms with E-state index in [4.69, 9.17) is 4.74 Å². The number of aromatic amines is 1. The molecule has 160 valence electrons. The average molecular weight is 421 g/mol. The van der Waals surface area contributed by atoms with Gasteiger partial charge in [0, 0.05) is 18.0 Å². The van der Waals surface area contributed by atoms with Gasteiger partial charge in [0.25, 0.3) is 5.91 Å². The molecule has 1 aliphatic rings. The molecule has 3 aromatic rings. The van der Waals surface area contributed by atoms with Crippen molar-refractivity contribution in [3.05, 3.63) is 54.9 Å². The number of H-pyrrole nitrogens is 1.